The maximum Gasteiger partial charge on any atom is 0.267 e. The molecule has 0 saturated heterocycles. The molecular weight excluding hydrogens is 420 g/mol. The molecule has 0 atom stereocenters. The van der Waals surface area contributed by atoms with Crippen molar-refractivity contribution in [2.24, 2.45) is 0 Å². The van der Waals surface area contributed by atoms with E-state index in [1.54, 1.807) is 26.0 Å². The van der Waals surface area contributed by atoms with Crippen LogP contribution in [-0.2, 0) is 10.0 Å². The van der Waals surface area contributed by atoms with Gasteiger partial charge in [0, 0.05) is 11.8 Å². The highest BCUT2D eigenvalue weighted by Gasteiger charge is 2.22. The zero-order chi connectivity index (χ0) is 21.3. The summed E-state index contributed by atoms with van der Waals surface area (Å²) in [6.45, 7) is 5.10. The molecule has 152 valence electrons. The predicted octanol–water partition coefficient (Wildman–Crippen LogP) is 4.40. The summed E-state index contributed by atoms with van der Waals surface area (Å²) in [5.41, 5.74) is 1.89. The first-order valence-corrected chi connectivity index (χ1v) is 10.7. The van der Waals surface area contributed by atoms with Gasteiger partial charge in [0.2, 0.25) is 0 Å². The third-order valence-corrected chi connectivity index (χ3v) is 6.72. The van der Waals surface area contributed by atoms with E-state index in [0.717, 1.165) is 29.0 Å². The van der Waals surface area contributed by atoms with Crippen molar-refractivity contribution < 1.29 is 22.0 Å². The first kappa shape index (κ1) is 20.9. The molecule has 3 rings (SSSR count). The van der Waals surface area contributed by atoms with Gasteiger partial charge in [-0.1, -0.05) is 29.0 Å². The van der Waals surface area contributed by atoms with Crippen LogP contribution in [0, 0.1) is 32.4 Å². The molecule has 0 saturated carbocycles. The lowest BCUT2D eigenvalue weighted by Crippen LogP contribution is -2.14. The molecule has 1 heterocycles. The van der Waals surface area contributed by atoms with Gasteiger partial charge in [0.25, 0.3) is 15.9 Å². The number of anilines is 2. The first-order valence-electron chi connectivity index (χ1n) is 8.41. The Labute approximate surface area is 170 Å². The van der Waals surface area contributed by atoms with E-state index in [-0.39, 0.29) is 20.6 Å². The van der Waals surface area contributed by atoms with Gasteiger partial charge in [-0.2, -0.15) is 0 Å². The number of nitrogens with zero attached hydrogens (tertiary/aromatic N) is 1. The Morgan fingerprint density at radius 3 is 2.41 bits per heavy atom. The van der Waals surface area contributed by atoms with Crippen LogP contribution in [0.4, 0.5) is 19.6 Å². The van der Waals surface area contributed by atoms with Gasteiger partial charge in [0.1, 0.15) is 4.88 Å². The van der Waals surface area contributed by atoms with Crippen LogP contribution in [0.15, 0.2) is 41.3 Å². The predicted molar refractivity (Wildman–Crippen MR) is 108 cm³/mol. The average Bonchev–Trinajstić information content (AvgIpc) is 2.97. The number of rotatable bonds is 5. The van der Waals surface area contributed by atoms with Crippen LogP contribution in [0.25, 0.3) is 0 Å². The maximum atomic E-state index is 13.3. The Morgan fingerprint density at radius 2 is 1.76 bits per heavy atom. The molecule has 3 aromatic rings. The minimum absolute atomic E-state index is 0.0258. The molecular formula is C19H17F2N3O3S2. The summed E-state index contributed by atoms with van der Waals surface area (Å²) >= 11 is 0.843. The smallest absolute Gasteiger partial charge is 0.267 e. The topological polar surface area (TPSA) is 88.2 Å². The number of benzene rings is 2. The molecule has 0 bridgehead atoms. The number of hydrogen-bond acceptors (Lipinski definition) is 5. The van der Waals surface area contributed by atoms with Crippen molar-refractivity contribution in [3.05, 3.63) is 69.7 Å². The van der Waals surface area contributed by atoms with Crippen molar-refractivity contribution >= 4 is 38.1 Å². The second-order valence-corrected chi connectivity index (χ2v) is 9.04. The molecule has 0 fully saturated rings. The second-order valence-electron chi connectivity index (χ2n) is 6.39. The molecule has 29 heavy (non-hydrogen) atoms. The van der Waals surface area contributed by atoms with Crippen molar-refractivity contribution in [1.82, 2.24) is 4.98 Å². The van der Waals surface area contributed by atoms with Gasteiger partial charge in [0.15, 0.2) is 16.8 Å². The van der Waals surface area contributed by atoms with Crippen molar-refractivity contribution in [2.45, 2.75) is 25.7 Å². The quantitative estimate of drug-likeness (QED) is 0.619. The van der Waals surface area contributed by atoms with Crippen molar-refractivity contribution in [3.8, 4) is 0 Å². The lowest BCUT2D eigenvalue weighted by molar-refractivity contribution is 0.102. The molecule has 0 aliphatic heterocycles. The van der Waals surface area contributed by atoms with E-state index in [0.29, 0.717) is 11.3 Å². The Bertz CT molecular complexity index is 1210. The van der Waals surface area contributed by atoms with Crippen LogP contribution in [0.1, 0.15) is 26.5 Å². The molecule has 10 heteroatoms. The number of sulfonamides is 1. The van der Waals surface area contributed by atoms with Gasteiger partial charge < -0.3 is 5.32 Å². The average molecular weight is 437 g/mol. The van der Waals surface area contributed by atoms with E-state index in [9.17, 15) is 22.0 Å². The van der Waals surface area contributed by atoms with Crippen LogP contribution in [-0.4, -0.2) is 19.3 Å². The highest BCUT2D eigenvalue weighted by Crippen LogP contribution is 2.27. The summed E-state index contributed by atoms with van der Waals surface area (Å²) in [7, 11) is -3.88. The Balaban J connectivity index is 1.82. The monoisotopic (exact) mass is 437 g/mol. The highest BCUT2D eigenvalue weighted by molar-refractivity contribution is 7.93. The molecule has 0 aliphatic rings. The largest absolute Gasteiger partial charge is 0.321 e. The fourth-order valence-electron chi connectivity index (χ4n) is 2.68. The fraction of sp³-hybridized carbons (Fsp3) is 0.158. The molecule has 2 aromatic carbocycles. The van der Waals surface area contributed by atoms with Crippen LogP contribution in [0.5, 0.6) is 0 Å². The molecule has 2 N–H and O–H groups in total. The van der Waals surface area contributed by atoms with Gasteiger partial charge >= 0.3 is 0 Å². The van der Waals surface area contributed by atoms with Crippen molar-refractivity contribution in [2.75, 3.05) is 10.0 Å². The van der Waals surface area contributed by atoms with Crippen LogP contribution in [0.2, 0.25) is 0 Å². The van der Waals surface area contributed by atoms with E-state index in [1.807, 2.05) is 6.92 Å². The van der Waals surface area contributed by atoms with E-state index < -0.39 is 27.6 Å². The fourth-order valence-corrected chi connectivity index (χ4v) is 5.01. The summed E-state index contributed by atoms with van der Waals surface area (Å²) in [5, 5.41) is 2.46. The number of hydrogen-bond donors (Lipinski definition) is 2. The molecule has 6 nitrogen and oxygen atoms in total. The number of carbonyl (C=O) groups excluding carboxylic acids is 1. The summed E-state index contributed by atoms with van der Waals surface area (Å²) in [6, 6.07) is 7.92. The summed E-state index contributed by atoms with van der Waals surface area (Å²) in [6.07, 6.45) is 0. The maximum absolute atomic E-state index is 13.3. The number of amides is 1. The molecule has 0 radical (unpaired) electrons. The third-order valence-electron chi connectivity index (χ3n) is 4.02. The number of aromatic nitrogens is 1. The molecule has 1 aromatic heterocycles. The molecule has 0 aliphatic carbocycles. The third kappa shape index (κ3) is 4.60. The van der Waals surface area contributed by atoms with E-state index in [4.69, 9.17) is 0 Å². The Hall–Kier alpha value is -2.85. The number of aryl methyl sites for hydroxylation is 3. The molecule has 1 amide bonds. The number of carbonyl (C=O) groups is 1. The SMILES string of the molecule is Cc1ccc(S(=O)(=O)Nc2nc(C)c(C(=O)Nc3ccc(F)c(F)c3)s2)c(C)c1. The van der Waals surface area contributed by atoms with Crippen molar-refractivity contribution in [1.29, 1.82) is 0 Å². The second kappa shape index (κ2) is 7.88. The van der Waals surface area contributed by atoms with E-state index in [1.165, 1.54) is 12.1 Å². The lowest BCUT2D eigenvalue weighted by Gasteiger charge is -2.08. The van der Waals surface area contributed by atoms with Crippen LogP contribution >= 0.6 is 11.3 Å². The Kier molecular flexibility index (Phi) is 5.67. The lowest BCUT2D eigenvalue weighted by atomic mass is 10.2. The summed E-state index contributed by atoms with van der Waals surface area (Å²) < 4.78 is 54.0. The normalized spacial score (nSPS) is 11.3. The Morgan fingerprint density at radius 1 is 1.03 bits per heavy atom. The first-order chi connectivity index (χ1) is 13.6. The number of nitrogens with one attached hydrogen (secondary N) is 2. The van der Waals surface area contributed by atoms with Gasteiger partial charge in [-0.3, -0.25) is 9.52 Å². The highest BCUT2D eigenvalue weighted by atomic mass is 32.2. The van der Waals surface area contributed by atoms with E-state index >= 15 is 0 Å². The van der Waals surface area contributed by atoms with Crippen LogP contribution in [0.3, 0.4) is 0 Å². The zero-order valence-electron chi connectivity index (χ0n) is 15.7. The number of thiazole rings is 1. The van der Waals surface area contributed by atoms with Gasteiger partial charge in [-0.05, 0) is 44.5 Å². The standard InChI is InChI=1S/C19H17F2N3O3S2/c1-10-4-7-16(11(2)8-10)29(26,27)24-19-22-12(3)17(28-19)18(25)23-13-5-6-14(20)15(21)9-13/h4-9H,1-3H3,(H,22,24)(H,23,25). The minimum Gasteiger partial charge on any atom is -0.321 e. The minimum atomic E-state index is -3.88. The van der Waals surface area contributed by atoms with Crippen LogP contribution < -0.4 is 10.0 Å². The zero-order valence-corrected chi connectivity index (χ0v) is 17.3. The van der Waals surface area contributed by atoms with Gasteiger partial charge in [-0.25, -0.2) is 22.2 Å². The summed E-state index contributed by atoms with van der Waals surface area (Å²) in [4.78, 5) is 16.8. The molecule has 0 unspecified atom stereocenters. The van der Waals surface area contributed by atoms with E-state index in [2.05, 4.69) is 15.0 Å². The summed E-state index contributed by atoms with van der Waals surface area (Å²) in [5.74, 6) is -2.73. The van der Waals surface area contributed by atoms with Crippen molar-refractivity contribution in [3.63, 3.8) is 0 Å². The van der Waals surface area contributed by atoms with Gasteiger partial charge in [0.05, 0.1) is 10.6 Å². The number of halogens is 2. The molecule has 0 spiro atoms. The van der Waals surface area contributed by atoms with Gasteiger partial charge in [-0.15, -0.1) is 0 Å².